The summed E-state index contributed by atoms with van der Waals surface area (Å²) in [6.45, 7) is 7.75. The molecule has 46 heavy (non-hydrogen) atoms. The number of hydrogen-bond acceptors (Lipinski definition) is 7. The number of nitrogens with one attached hydrogen (secondary N) is 1. The number of fused-ring (bicyclic) bond motifs is 1. The Morgan fingerprint density at radius 3 is 2.50 bits per heavy atom. The molecule has 0 bridgehead atoms. The second-order valence-electron chi connectivity index (χ2n) is 11.9. The number of aliphatic hydroxyl groups is 1. The molecule has 1 aromatic carbocycles. The van der Waals surface area contributed by atoms with Crippen molar-refractivity contribution in [2.75, 3.05) is 42.6 Å². The van der Waals surface area contributed by atoms with Crippen molar-refractivity contribution in [3.8, 4) is 17.1 Å². The van der Waals surface area contributed by atoms with Crippen LogP contribution in [0.2, 0.25) is 5.02 Å². The molecular formula is C32H36ClF3N6O4. The van der Waals surface area contributed by atoms with E-state index in [0.29, 0.717) is 35.9 Å². The highest BCUT2D eigenvalue weighted by Gasteiger charge is 2.47. The number of urea groups is 1. The van der Waals surface area contributed by atoms with Gasteiger partial charge in [0.05, 0.1) is 46.4 Å². The van der Waals surface area contributed by atoms with Crippen LogP contribution in [0.1, 0.15) is 50.2 Å². The van der Waals surface area contributed by atoms with Gasteiger partial charge in [0.2, 0.25) is 5.88 Å². The van der Waals surface area contributed by atoms with Gasteiger partial charge in [-0.2, -0.15) is 13.2 Å². The van der Waals surface area contributed by atoms with E-state index < -0.39 is 35.3 Å². The minimum Gasteiger partial charge on any atom is -0.477 e. The zero-order valence-electron chi connectivity index (χ0n) is 25.9. The third kappa shape index (κ3) is 6.85. The number of nitrogens with zero attached hydrogens (tertiary/aromatic N) is 5. The highest BCUT2D eigenvalue weighted by atomic mass is 35.5. The number of piperazine rings is 1. The summed E-state index contributed by atoms with van der Waals surface area (Å²) in [5, 5.41) is 13.0. The lowest BCUT2D eigenvalue weighted by atomic mass is 10.0. The van der Waals surface area contributed by atoms with E-state index in [1.54, 1.807) is 49.2 Å². The van der Waals surface area contributed by atoms with Crippen LogP contribution in [0, 0.1) is 0 Å². The van der Waals surface area contributed by atoms with Crippen LogP contribution in [0.15, 0.2) is 48.7 Å². The zero-order chi connectivity index (χ0) is 33.4. The number of aromatic nitrogens is 2. The van der Waals surface area contributed by atoms with E-state index >= 15 is 0 Å². The second-order valence-corrected chi connectivity index (χ2v) is 12.4. The first-order valence-electron chi connectivity index (χ1n) is 15.0. The lowest BCUT2D eigenvalue weighted by Crippen LogP contribution is -2.58. The molecule has 0 aliphatic carbocycles. The third-order valence-electron chi connectivity index (χ3n) is 8.00. The number of anilines is 2. The van der Waals surface area contributed by atoms with Crippen molar-refractivity contribution in [1.29, 1.82) is 0 Å². The molecule has 14 heteroatoms. The van der Waals surface area contributed by atoms with Crippen LogP contribution in [-0.2, 0) is 6.18 Å². The predicted octanol–water partition coefficient (Wildman–Crippen LogP) is 5.62. The lowest BCUT2D eigenvalue weighted by molar-refractivity contribution is -0.137. The highest BCUT2D eigenvalue weighted by Crippen LogP contribution is 2.41. The second kappa shape index (κ2) is 13.0. The van der Waals surface area contributed by atoms with Gasteiger partial charge in [0.1, 0.15) is 0 Å². The third-order valence-corrected chi connectivity index (χ3v) is 8.24. The number of halogens is 4. The Labute approximate surface area is 270 Å². The Kier molecular flexibility index (Phi) is 9.37. The van der Waals surface area contributed by atoms with Gasteiger partial charge >= 0.3 is 12.2 Å². The summed E-state index contributed by atoms with van der Waals surface area (Å²) in [5.74, 6) is -0.156. The SMILES string of the molecule is CCOc1ncccc1-c1ccc(N2C[C@H]3CN(c4ccc(Cl)cc4C(F)(F)F)C(=O)N3C[C@H]2CC)c(C(=O)NCC(C)(C)O)n1. The quantitative estimate of drug-likeness (QED) is 0.306. The smallest absolute Gasteiger partial charge is 0.418 e. The summed E-state index contributed by atoms with van der Waals surface area (Å²) in [7, 11) is 0. The Bertz CT molecular complexity index is 1620. The van der Waals surface area contributed by atoms with Crippen molar-refractivity contribution >= 4 is 34.9 Å². The molecule has 2 aliphatic heterocycles. The van der Waals surface area contributed by atoms with Crippen LogP contribution < -0.4 is 19.9 Å². The van der Waals surface area contributed by atoms with Gasteiger partial charge in [-0.25, -0.2) is 14.8 Å². The van der Waals surface area contributed by atoms with Crippen LogP contribution in [0.3, 0.4) is 0 Å². The van der Waals surface area contributed by atoms with Gasteiger partial charge in [0, 0.05) is 43.4 Å². The van der Waals surface area contributed by atoms with Crippen LogP contribution >= 0.6 is 11.6 Å². The molecule has 246 valence electrons. The first-order valence-corrected chi connectivity index (χ1v) is 15.4. The van der Waals surface area contributed by atoms with Crippen LogP contribution in [0.5, 0.6) is 5.88 Å². The number of benzene rings is 1. The van der Waals surface area contributed by atoms with Crippen molar-refractivity contribution in [1.82, 2.24) is 20.2 Å². The molecule has 3 amide bonds. The monoisotopic (exact) mass is 660 g/mol. The molecular weight excluding hydrogens is 625 g/mol. The average molecular weight is 661 g/mol. The number of carbonyl (C=O) groups is 2. The number of ether oxygens (including phenoxy) is 1. The fraction of sp³-hybridized carbons (Fsp3) is 0.438. The molecule has 2 atom stereocenters. The summed E-state index contributed by atoms with van der Waals surface area (Å²) in [6, 6.07) is 9.19. The molecule has 0 unspecified atom stereocenters. The Morgan fingerprint density at radius 2 is 1.83 bits per heavy atom. The molecule has 5 rings (SSSR count). The minimum absolute atomic E-state index is 0.00955. The van der Waals surface area contributed by atoms with Crippen LogP contribution in [0.4, 0.5) is 29.3 Å². The summed E-state index contributed by atoms with van der Waals surface area (Å²) >= 11 is 5.89. The maximum Gasteiger partial charge on any atom is 0.418 e. The van der Waals surface area contributed by atoms with E-state index in [2.05, 4.69) is 10.3 Å². The van der Waals surface area contributed by atoms with E-state index in [1.807, 2.05) is 18.7 Å². The summed E-state index contributed by atoms with van der Waals surface area (Å²) < 4.78 is 47.6. The number of pyridine rings is 2. The molecule has 2 aliphatic rings. The number of carbonyl (C=O) groups excluding carboxylic acids is 2. The van der Waals surface area contributed by atoms with Gasteiger partial charge in [-0.15, -0.1) is 0 Å². The molecule has 3 aromatic rings. The summed E-state index contributed by atoms with van der Waals surface area (Å²) in [6.07, 6.45) is -2.54. The normalized spacial score (nSPS) is 18.5. The van der Waals surface area contributed by atoms with Crippen molar-refractivity contribution in [3.63, 3.8) is 0 Å². The standard InChI is InChI=1S/C32H36ClF3N6O4/c1-5-20-15-41-21(17-42(30(41)44)25-11-9-19(33)14-23(25)32(34,35)36)16-40(20)26-12-10-24(22-8-7-13-37-29(22)46-6-2)39-27(26)28(43)38-18-31(3,4)45/h7-14,20-21,45H,5-6,15-18H2,1-4H3,(H,38,43)/t20-,21+/m1/s1. The molecule has 10 nitrogen and oxygen atoms in total. The van der Waals surface area contributed by atoms with Gasteiger partial charge in [-0.05, 0) is 69.7 Å². The van der Waals surface area contributed by atoms with Gasteiger partial charge in [-0.1, -0.05) is 18.5 Å². The number of alkyl halides is 3. The predicted molar refractivity (Wildman–Crippen MR) is 168 cm³/mol. The van der Waals surface area contributed by atoms with Crippen molar-refractivity contribution in [2.45, 2.75) is 58.0 Å². The van der Waals surface area contributed by atoms with E-state index in [9.17, 15) is 27.9 Å². The first kappa shape index (κ1) is 33.3. The summed E-state index contributed by atoms with van der Waals surface area (Å²) in [4.78, 5) is 41.0. The Morgan fingerprint density at radius 1 is 1.09 bits per heavy atom. The molecule has 0 spiro atoms. The highest BCUT2D eigenvalue weighted by molar-refractivity contribution is 6.30. The molecule has 2 saturated heterocycles. The van der Waals surface area contributed by atoms with Crippen molar-refractivity contribution in [2.24, 2.45) is 0 Å². The molecule has 2 N–H and O–H groups in total. The molecule has 0 radical (unpaired) electrons. The Hall–Kier alpha value is -4.10. The number of amides is 3. The van der Waals surface area contributed by atoms with E-state index in [-0.39, 0.29) is 48.6 Å². The molecule has 2 fully saturated rings. The largest absolute Gasteiger partial charge is 0.477 e. The molecule has 2 aromatic heterocycles. The summed E-state index contributed by atoms with van der Waals surface area (Å²) in [5.41, 5.74) is -0.785. The maximum absolute atomic E-state index is 14.0. The number of hydrogen-bond donors (Lipinski definition) is 2. The lowest BCUT2D eigenvalue weighted by Gasteiger charge is -2.44. The van der Waals surface area contributed by atoms with E-state index in [4.69, 9.17) is 21.3 Å². The molecule has 0 saturated carbocycles. The Balaban J connectivity index is 1.52. The van der Waals surface area contributed by atoms with Gasteiger partial charge in [0.25, 0.3) is 5.91 Å². The van der Waals surface area contributed by atoms with Crippen LogP contribution in [-0.4, -0.2) is 82.4 Å². The first-order chi connectivity index (χ1) is 21.7. The zero-order valence-corrected chi connectivity index (χ0v) is 26.7. The minimum atomic E-state index is -4.71. The van der Waals surface area contributed by atoms with Crippen molar-refractivity contribution in [3.05, 3.63) is 64.9 Å². The van der Waals surface area contributed by atoms with Gasteiger partial charge in [-0.3, -0.25) is 9.69 Å². The fourth-order valence-electron chi connectivity index (χ4n) is 5.82. The van der Waals surface area contributed by atoms with Crippen molar-refractivity contribution < 1.29 is 32.6 Å². The topological polar surface area (TPSA) is 111 Å². The molecule has 4 heterocycles. The fourth-order valence-corrected chi connectivity index (χ4v) is 5.99. The number of rotatable bonds is 9. The van der Waals surface area contributed by atoms with Crippen LogP contribution in [0.25, 0.3) is 11.3 Å². The van der Waals surface area contributed by atoms with E-state index in [0.717, 1.165) is 11.0 Å². The average Bonchev–Trinajstić information content (AvgIpc) is 3.33. The van der Waals surface area contributed by atoms with Gasteiger partial charge in [0.15, 0.2) is 5.69 Å². The maximum atomic E-state index is 14.0. The van der Waals surface area contributed by atoms with Gasteiger partial charge < -0.3 is 25.0 Å². The van der Waals surface area contributed by atoms with E-state index in [1.165, 1.54) is 12.1 Å².